The summed E-state index contributed by atoms with van der Waals surface area (Å²) in [5.41, 5.74) is 4.13. The van der Waals surface area contributed by atoms with Gasteiger partial charge >= 0.3 is 0 Å². The van der Waals surface area contributed by atoms with Crippen molar-refractivity contribution in [2.45, 2.75) is 19.6 Å². The number of nitrogens with one attached hydrogen (secondary N) is 1. The van der Waals surface area contributed by atoms with Crippen molar-refractivity contribution < 1.29 is 0 Å². The van der Waals surface area contributed by atoms with Gasteiger partial charge in [0.25, 0.3) is 0 Å². The third-order valence-electron chi connectivity index (χ3n) is 1.57. The molecule has 0 aliphatic rings. The molecule has 0 radical (unpaired) electrons. The number of hydrogen-bond acceptors (Lipinski definition) is 2. The van der Waals surface area contributed by atoms with Crippen molar-refractivity contribution in [3.63, 3.8) is 0 Å². The van der Waals surface area contributed by atoms with Crippen LogP contribution in [0.5, 0.6) is 0 Å². The summed E-state index contributed by atoms with van der Waals surface area (Å²) in [5, 5.41) is 3.00. The van der Waals surface area contributed by atoms with E-state index < -0.39 is 8.07 Å². The second-order valence-electron chi connectivity index (χ2n) is 4.16. The van der Waals surface area contributed by atoms with E-state index in [0.29, 0.717) is 0 Å². The van der Waals surface area contributed by atoms with E-state index in [-0.39, 0.29) is 0 Å². The van der Waals surface area contributed by atoms with Gasteiger partial charge in [0.15, 0.2) is 0 Å². The lowest BCUT2D eigenvalue weighted by atomic mass is 10.3. The monoisotopic (exact) mass is 204 g/mol. The Morgan fingerprint density at radius 2 is 2.00 bits per heavy atom. The average molecular weight is 204 g/mol. The average Bonchev–Trinajstić information content (AvgIpc) is 2.14. The first-order chi connectivity index (χ1) is 6.51. The maximum atomic E-state index is 4.33. The molecule has 2 nitrogen and oxygen atoms in total. The molecule has 1 heterocycles. The summed E-state index contributed by atoms with van der Waals surface area (Å²) < 4.78 is 0. The summed E-state index contributed by atoms with van der Waals surface area (Å²) in [6.07, 6.45) is 0. The second kappa shape index (κ2) is 4.29. The van der Waals surface area contributed by atoms with Crippen LogP contribution >= 0.6 is 0 Å². The predicted octanol–water partition coefficient (Wildman–Crippen LogP) is 2.35. The Hall–Kier alpha value is -1.27. The standard InChI is InChI=1S/C11H16N2Si/c1-12-11-7-5-6-10(13-11)8-9-14(2,3)4/h5-7H,1-4H3,(H,12,13). The number of pyridine rings is 1. The summed E-state index contributed by atoms with van der Waals surface area (Å²) in [4.78, 5) is 4.33. The second-order valence-corrected chi connectivity index (χ2v) is 8.91. The number of rotatable bonds is 1. The predicted molar refractivity (Wildman–Crippen MR) is 64.0 cm³/mol. The van der Waals surface area contributed by atoms with Crippen molar-refractivity contribution in [1.29, 1.82) is 0 Å². The molecular formula is C11H16N2Si. The smallest absolute Gasteiger partial charge is 0.129 e. The zero-order chi connectivity index (χ0) is 10.6. The maximum Gasteiger partial charge on any atom is 0.129 e. The molecule has 0 fully saturated rings. The molecule has 14 heavy (non-hydrogen) atoms. The van der Waals surface area contributed by atoms with Crippen LogP contribution in [-0.4, -0.2) is 20.1 Å². The van der Waals surface area contributed by atoms with Gasteiger partial charge in [-0.1, -0.05) is 31.6 Å². The third kappa shape index (κ3) is 3.63. The van der Waals surface area contributed by atoms with E-state index in [1.165, 1.54) is 0 Å². The molecule has 74 valence electrons. The molecule has 0 saturated heterocycles. The summed E-state index contributed by atoms with van der Waals surface area (Å²) in [6, 6.07) is 5.83. The summed E-state index contributed by atoms with van der Waals surface area (Å²) >= 11 is 0. The molecule has 0 aromatic carbocycles. The molecule has 0 atom stereocenters. The molecule has 1 aromatic rings. The van der Waals surface area contributed by atoms with Gasteiger partial charge in [0.2, 0.25) is 0 Å². The highest BCUT2D eigenvalue weighted by Gasteiger charge is 2.07. The van der Waals surface area contributed by atoms with Gasteiger partial charge in [-0.3, -0.25) is 0 Å². The van der Waals surface area contributed by atoms with Crippen LogP contribution in [-0.2, 0) is 0 Å². The van der Waals surface area contributed by atoms with E-state index in [2.05, 4.69) is 41.4 Å². The van der Waals surface area contributed by atoms with E-state index in [1.54, 1.807) is 0 Å². The van der Waals surface area contributed by atoms with Crippen molar-refractivity contribution >= 4 is 13.9 Å². The van der Waals surface area contributed by atoms with Crippen LogP contribution in [0.2, 0.25) is 19.6 Å². The molecule has 0 spiro atoms. The Morgan fingerprint density at radius 1 is 1.29 bits per heavy atom. The highest BCUT2D eigenvalue weighted by Crippen LogP contribution is 2.03. The molecule has 0 saturated carbocycles. The topological polar surface area (TPSA) is 24.9 Å². The first-order valence-electron chi connectivity index (χ1n) is 4.69. The van der Waals surface area contributed by atoms with Crippen LogP contribution in [0.25, 0.3) is 0 Å². The highest BCUT2D eigenvalue weighted by molar-refractivity contribution is 6.83. The van der Waals surface area contributed by atoms with Crippen LogP contribution < -0.4 is 5.32 Å². The lowest BCUT2D eigenvalue weighted by Crippen LogP contribution is -2.16. The van der Waals surface area contributed by atoms with Crippen LogP contribution in [0.1, 0.15) is 5.69 Å². The lowest BCUT2D eigenvalue weighted by molar-refractivity contribution is 1.26. The van der Waals surface area contributed by atoms with Crippen molar-refractivity contribution in [3.05, 3.63) is 23.9 Å². The maximum absolute atomic E-state index is 4.33. The molecule has 0 aliphatic carbocycles. The Bertz CT molecular complexity index is 369. The Labute approximate surface area is 86.8 Å². The zero-order valence-corrected chi connectivity index (χ0v) is 10.2. The zero-order valence-electron chi connectivity index (χ0n) is 9.18. The molecule has 3 heteroatoms. The molecule has 0 unspecified atom stereocenters. The molecule has 0 bridgehead atoms. The number of anilines is 1. The van der Waals surface area contributed by atoms with Gasteiger partial charge < -0.3 is 5.32 Å². The van der Waals surface area contributed by atoms with E-state index >= 15 is 0 Å². The largest absolute Gasteiger partial charge is 0.373 e. The van der Waals surface area contributed by atoms with Gasteiger partial charge in [0.1, 0.15) is 19.6 Å². The van der Waals surface area contributed by atoms with Crippen LogP contribution in [0.3, 0.4) is 0 Å². The quantitative estimate of drug-likeness (QED) is 0.561. The summed E-state index contributed by atoms with van der Waals surface area (Å²) in [7, 11) is 0.570. The molecule has 0 aliphatic heterocycles. The number of hydrogen-bond donors (Lipinski definition) is 1. The minimum atomic E-state index is -1.29. The molecule has 0 amide bonds. The van der Waals surface area contributed by atoms with Crippen molar-refractivity contribution in [1.82, 2.24) is 4.98 Å². The van der Waals surface area contributed by atoms with Gasteiger partial charge in [0.05, 0.1) is 0 Å². The SMILES string of the molecule is CNc1cccc(C#C[Si](C)(C)C)n1. The fourth-order valence-corrected chi connectivity index (χ4v) is 1.40. The normalized spacial score (nSPS) is 10.3. The first-order valence-corrected chi connectivity index (χ1v) is 8.19. The molecule has 1 aromatic heterocycles. The van der Waals surface area contributed by atoms with Gasteiger partial charge in [-0.15, -0.1) is 5.54 Å². The Kier molecular flexibility index (Phi) is 3.31. The molecular weight excluding hydrogens is 188 g/mol. The first kappa shape index (κ1) is 10.8. The van der Waals surface area contributed by atoms with E-state index in [4.69, 9.17) is 0 Å². The highest BCUT2D eigenvalue weighted by atomic mass is 28.3. The van der Waals surface area contributed by atoms with Crippen LogP contribution in [0.4, 0.5) is 5.82 Å². The molecule has 1 N–H and O–H groups in total. The van der Waals surface area contributed by atoms with E-state index in [9.17, 15) is 0 Å². The van der Waals surface area contributed by atoms with Crippen molar-refractivity contribution in [2.24, 2.45) is 0 Å². The summed E-state index contributed by atoms with van der Waals surface area (Å²) in [6.45, 7) is 6.67. The Morgan fingerprint density at radius 3 is 2.57 bits per heavy atom. The third-order valence-corrected chi connectivity index (χ3v) is 2.45. The van der Waals surface area contributed by atoms with Crippen LogP contribution in [0.15, 0.2) is 18.2 Å². The van der Waals surface area contributed by atoms with Gasteiger partial charge in [-0.25, -0.2) is 4.98 Å². The van der Waals surface area contributed by atoms with Gasteiger partial charge in [0, 0.05) is 7.05 Å². The lowest BCUT2D eigenvalue weighted by Gasteiger charge is -2.03. The number of aromatic nitrogens is 1. The van der Waals surface area contributed by atoms with Crippen LogP contribution in [0, 0.1) is 11.5 Å². The van der Waals surface area contributed by atoms with Gasteiger partial charge in [-0.05, 0) is 12.1 Å². The molecule has 1 rings (SSSR count). The van der Waals surface area contributed by atoms with Crippen molar-refractivity contribution in [2.75, 3.05) is 12.4 Å². The minimum Gasteiger partial charge on any atom is -0.373 e. The van der Waals surface area contributed by atoms with E-state index in [0.717, 1.165) is 11.5 Å². The number of nitrogens with zero attached hydrogens (tertiary/aromatic N) is 1. The fraction of sp³-hybridized carbons (Fsp3) is 0.364. The minimum absolute atomic E-state index is 0.847. The van der Waals surface area contributed by atoms with E-state index in [1.807, 2.05) is 25.2 Å². The fourth-order valence-electron chi connectivity index (χ4n) is 0.895. The van der Waals surface area contributed by atoms with Gasteiger partial charge in [-0.2, -0.15) is 0 Å². The van der Waals surface area contributed by atoms with Crippen molar-refractivity contribution in [3.8, 4) is 11.5 Å². The summed E-state index contributed by atoms with van der Waals surface area (Å²) in [5.74, 6) is 3.99. The Balaban J connectivity index is 2.90.